The topological polar surface area (TPSA) is 26.0 Å². The standard InChI is InChI=1S/C18H22BrN/c1-12(2)9-14-5-4-6-15(11-14)18(20)17-8-7-16(19)10-13(17)3/h4-8,10-12,18H,9,20H2,1-3H3. The van der Waals surface area contributed by atoms with E-state index in [1.165, 1.54) is 22.3 Å². The predicted octanol–water partition coefficient (Wildman–Crippen LogP) is 5.00. The Labute approximate surface area is 130 Å². The number of hydrogen-bond donors (Lipinski definition) is 1. The van der Waals surface area contributed by atoms with Gasteiger partial charge in [-0.25, -0.2) is 0 Å². The molecule has 2 aromatic carbocycles. The average molecular weight is 332 g/mol. The molecule has 0 aliphatic rings. The maximum Gasteiger partial charge on any atom is 0.0554 e. The fraction of sp³-hybridized carbons (Fsp3) is 0.333. The molecular formula is C18H22BrN. The van der Waals surface area contributed by atoms with Gasteiger partial charge in [-0.1, -0.05) is 60.1 Å². The van der Waals surface area contributed by atoms with E-state index in [0.29, 0.717) is 5.92 Å². The second-order valence-electron chi connectivity index (χ2n) is 5.82. The van der Waals surface area contributed by atoms with Crippen LogP contribution in [0.1, 0.15) is 42.1 Å². The van der Waals surface area contributed by atoms with E-state index in [-0.39, 0.29) is 6.04 Å². The Morgan fingerprint density at radius 3 is 2.50 bits per heavy atom. The van der Waals surface area contributed by atoms with Crippen LogP contribution in [0.2, 0.25) is 0 Å². The smallest absolute Gasteiger partial charge is 0.0554 e. The van der Waals surface area contributed by atoms with Gasteiger partial charge in [-0.15, -0.1) is 0 Å². The monoisotopic (exact) mass is 331 g/mol. The lowest BCUT2D eigenvalue weighted by molar-refractivity contribution is 0.646. The second kappa shape index (κ2) is 6.55. The lowest BCUT2D eigenvalue weighted by atomic mass is 9.93. The van der Waals surface area contributed by atoms with E-state index in [9.17, 15) is 0 Å². The van der Waals surface area contributed by atoms with Gasteiger partial charge in [0.2, 0.25) is 0 Å². The van der Waals surface area contributed by atoms with Crippen molar-refractivity contribution in [2.75, 3.05) is 0 Å². The molecule has 20 heavy (non-hydrogen) atoms. The van der Waals surface area contributed by atoms with Crippen molar-refractivity contribution in [3.8, 4) is 0 Å². The molecule has 0 aliphatic heterocycles. The first-order chi connectivity index (χ1) is 9.47. The molecule has 1 atom stereocenters. The molecule has 2 aromatic rings. The Bertz CT molecular complexity index is 590. The van der Waals surface area contributed by atoms with Crippen molar-refractivity contribution in [1.29, 1.82) is 0 Å². The maximum absolute atomic E-state index is 6.45. The van der Waals surface area contributed by atoms with Crippen LogP contribution in [-0.4, -0.2) is 0 Å². The van der Waals surface area contributed by atoms with Crippen molar-refractivity contribution < 1.29 is 0 Å². The first kappa shape index (κ1) is 15.3. The van der Waals surface area contributed by atoms with E-state index in [4.69, 9.17) is 5.73 Å². The molecule has 0 radical (unpaired) electrons. The molecule has 0 bridgehead atoms. The van der Waals surface area contributed by atoms with Gasteiger partial charge in [-0.2, -0.15) is 0 Å². The molecule has 106 valence electrons. The van der Waals surface area contributed by atoms with Crippen LogP contribution in [0.4, 0.5) is 0 Å². The first-order valence-electron chi connectivity index (χ1n) is 7.08. The fourth-order valence-electron chi connectivity index (χ4n) is 2.55. The van der Waals surface area contributed by atoms with Gasteiger partial charge < -0.3 is 5.73 Å². The van der Waals surface area contributed by atoms with Crippen LogP contribution in [-0.2, 0) is 6.42 Å². The van der Waals surface area contributed by atoms with Crippen molar-refractivity contribution in [3.05, 3.63) is 69.2 Å². The summed E-state index contributed by atoms with van der Waals surface area (Å²) in [6, 6.07) is 14.9. The summed E-state index contributed by atoms with van der Waals surface area (Å²) in [5.41, 5.74) is 11.4. The molecule has 2 rings (SSSR count). The van der Waals surface area contributed by atoms with E-state index < -0.39 is 0 Å². The molecule has 0 fully saturated rings. The predicted molar refractivity (Wildman–Crippen MR) is 89.9 cm³/mol. The molecule has 0 spiro atoms. The fourth-order valence-corrected chi connectivity index (χ4v) is 3.03. The Morgan fingerprint density at radius 1 is 1.10 bits per heavy atom. The van der Waals surface area contributed by atoms with Gasteiger partial charge in [0.05, 0.1) is 6.04 Å². The van der Waals surface area contributed by atoms with Crippen LogP contribution < -0.4 is 5.73 Å². The van der Waals surface area contributed by atoms with Crippen molar-refractivity contribution in [1.82, 2.24) is 0 Å². The number of halogens is 1. The number of aryl methyl sites for hydroxylation is 1. The van der Waals surface area contributed by atoms with E-state index in [2.05, 4.69) is 79.2 Å². The van der Waals surface area contributed by atoms with Crippen LogP contribution >= 0.6 is 15.9 Å². The zero-order valence-corrected chi connectivity index (χ0v) is 13.9. The molecule has 0 amide bonds. The molecule has 0 saturated carbocycles. The normalized spacial score (nSPS) is 12.7. The number of nitrogens with two attached hydrogens (primary N) is 1. The highest BCUT2D eigenvalue weighted by Crippen LogP contribution is 2.26. The summed E-state index contributed by atoms with van der Waals surface area (Å²) in [6.07, 6.45) is 1.10. The van der Waals surface area contributed by atoms with Crippen LogP contribution in [0.25, 0.3) is 0 Å². The number of rotatable bonds is 4. The van der Waals surface area contributed by atoms with Crippen LogP contribution in [0.5, 0.6) is 0 Å². The van der Waals surface area contributed by atoms with Crippen molar-refractivity contribution in [3.63, 3.8) is 0 Å². The van der Waals surface area contributed by atoms with Crippen molar-refractivity contribution in [2.45, 2.75) is 33.2 Å². The molecule has 0 heterocycles. The van der Waals surface area contributed by atoms with Gasteiger partial charge in [0, 0.05) is 4.47 Å². The molecule has 1 unspecified atom stereocenters. The summed E-state index contributed by atoms with van der Waals surface area (Å²) in [5.74, 6) is 0.663. The maximum atomic E-state index is 6.45. The van der Waals surface area contributed by atoms with E-state index in [1.807, 2.05) is 0 Å². The second-order valence-corrected chi connectivity index (χ2v) is 6.74. The van der Waals surface area contributed by atoms with E-state index in [1.54, 1.807) is 0 Å². The van der Waals surface area contributed by atoms with E-state index in [0.717, 1.165) is 10.9 Å². The highest BCUT2D eigenvalue weighted by atomic mass is 79.9. The lowest BCUT2D eigenvalue weighted by Gasteiger charge is -2.17. The Kier molecular flexibility index (Phi) is 5.00. The molecule has 0 aliphatic carbocycles. The summed E-state index contributed by atoms with van der Waals surface area (Å²) in [7, 11) is 0. The molecule has 0 saturated heterocycles. The van der Waals surface area contributed by atoms with Crippen LogP contribution in [0.15, 0.2) is 46.9 Å². The summed E-state index contributed by atoms with van der Waals surface area (Å²) in [6.45, 7) is 6.59. The SMILES string of the molecule is Cc1cc(Br)ccc1C(N)c1cccc(CC(C)C)c1. The largest absolute Gasteiger partial charge is 0.320 e. The van der Waals surface area contributed by atoms with Gasteiger partial charge in [-0.3, -0.25) is 0 Å². The highest BCUT2D eigenvalue weighted by molar-refractivity contribution is 9.10. The van der Waals surface area contributed by atoms with Gasteiger partial charge >= 0.3 is 0 Å². The molecular weight excluding hydrogens is 310 g/mol. The van der Waals surface area contributed by atoms with Gasteiger partial charge in [0.25, 0.3) is 0 Å². The third-order valence-corrected chi connectivity index (χ3v) is 4.01. The summed E-state index contributed by atoms with van der Waals surface area (Å²) < 4.78 is 1.10. The van der Waals surface area contributed by atoms with Gasteiger partial charge in [0.1, 0.15) is 0 Å². The Hall–Kier alpha value is -1.12. The van der Waals surface area contributed by atoms with Crippen molar-refractivity contribution >= 4 is 15.9 Å². The quantitative estimate of drug-likeness (QED) is 0.837. The zero-order valence-electron chi connectivity index (χ0n) is 12.4. The van der Waals surface area contributed by atoms with Gasteiger partial charge in [0.15, 0.2) is 0 Å². The third kappa shape index (κ3) is 3.71. The number of benzene rings is 2. The van der Waals surface area contributed by atoms with Crippen LogP contribution in [0.3, 0.4) is 0 Å². The molecule has 2 N–H and O–H groups in total. The minimum absolute atomic E-state index is 0.0600. The summed E-state index contributed by atoms with van der Waals surface area (Å²) >= 11 is 3.50. The lowest BCUT2D eigenvalue weighted by Crippen LogP contribution is -2.13. The third-order valence-electron chi connectivity index (χ3n) is 3.52. The van der Waals surface area contributed by atoms with E-state index >= 15 is 0 Å². The Morgan fingerprint density at radius 2 is 1.85 bits per heavy atom. The minimum atomic E-state index is -0.0600. The minimum Gasteiger partial charge on any atom is -0.320 e. The molecule has 2 heteroatoms. The van der Waals surface area contributed by atoms with Crippen molar-refractivity contribution in [2.24, 2.45) is 11.7 Å². The van der Waals surface area contributed by atoms with Gasteiger partial charge in [-0.05, 0) is 53.6 Å². The molecule has 1 nitrogen and oxygen atoms in total. The first-order valence-corrected chi connectivity index (χ1v) is 7.87. The van der Waals surface area contributed by atoms with Crippen LogP contribution in [0, 0.1) is 12.8 Å². The average Bonchev–Trinajstić information content (AvgIpc) is 2.37. The highest BCUT2D eigenvalue weighted by Gasteiger charge is 2.12. The summed E-state index contributed by atoms with van der Waals surface area (Å²) in [4.78, 5) is 0. The Balaban J connectivity index is 2.30. The molecule has 0 aromatic heterocycles. The summed E-state index contributed by atoms with van der Waals surface area (Å²) in [5, 5.41) is 0. The number of hydrogen-bond acceptors (Lipinski definition) is 1. The zero-order chi connectivity index (χ0) is 14.7.